The largest absolute Gasteiger partial charge is 0.494 e. The molecule has 0 spiro atoms. The van der Waals surface area contributed by atoms with Crippen LogP contribution in [0.15, 0.2) is 43.0 Å². The minimum Gasteiger partial charge on any atom is -0.494 e. The van der Waals surface area contributed by atoms with E-state index in [1.807, 2.05) is 25.2 Å². The summed E-state index contributed by atoms with van der Waals surface area (Å²) in [6.07, 6.45) is 6.86. The Morgan fingerprint density at radius 2 is 1.95 bits per heavy atom. The summed E-state index contributed by atoms with van der Waals surface area (Å²) in [7, 11) is 3.42. The van der Waals surface area contributed by atoms with Crippen LogP contribution in [0.3, 0.4) is 0 Å². The maximum atomic E-state index is 6.18. The van der Waals surface area contributed by atoms with Gasteiger partial charge in [-0.3, -0.25) is 14.6 Å². The normalized spacial score (nSPS) is 10.6. The quantitative estimate of drug-likeness (QED) is 0.795. The van der Waals surface area contributed by atoms with Gasteiger partial charge in [-0.15, -0.1) is 0 Å². The second kappa shape index (κ2) is 5.24. The van der Waals surface area contributed by atoms with Crippen molar-refractivity contribution < 1.29 is 4.74 Å². The second-order valence-electron chi connectivity index (χ2n) is 4.55. The van der Waals surface area contributed by atoms with Crippen LogP contribution in [0.5, 0.6) is 5.75 Å². The first-order chi connectivity index (χ1) is 10.2. The molecule has 6 heteroatoms. The number of nitrogens with zero attached hydrogens (tertiary/aromatic N) is 4. The monoisotopic (exact) mass is 281 g/mol. The first kappa shape index (κ1) is 13.1. The molecule has 0 fully saturated rings. The highest BCUT2D eigenvalue weighted by atomic mass is 16.5. The number of methoxy groups -OCH3 is 1. The fourth-order valence-electron chi connectivity index (χ4n) is 2.26. The number of aromatic nitrogens is 4. The molecule has 0 aliphatic heterocycles. The van der Waals surface area contributed by atoms with Gasteiger partial charge >= 0.3 is 0 Å². The Morgan fingerprint density at radius 3 is 2.67 bits per heavy atom. The van der Waals surface area contributed by atoms with E-state index < -0.39 is 0 Å². The van der Waals surface area contributed by atoms with E-state index in [2.05, 4.69) is 15.1 Å². The van der Waals surface area contributed by atoms with Crippen molar-refractivity contribution in [1.29, 1.82) is 0 Å². The molecule has 2 N–H and O–H groups in total. The number of hydrogen-bond donors (Lipinski definition) is 1. The molecule has 0 saturated carbocycles. The maximum Gasteiger partial charge on any atom is 0.146 e. The average molecular weight is 281 g/mol. The van der Waals surface area contributed by atoms with Crippen LogP contribution in [0.1, 0.15) is 0 Å². The van der Waals surface area contributed by atoms with E-state index in [1.54, 1.807) is 36.6 Å². The summed E-state index contributed by atoms with van der Waals surface area (Å²) in [5.74, 6) is 1.23. The predicted molar refractivity (Wildman–Crippen MR) is 80.6 cm³/mol. The van der Waals surface area contributed by atoms with Gasteiger partial charge in [-0.1, -0.05) is 6.07 Å². The zero-order valence-corrected chi connectivity index (χ0v) is 11.8. The summed E-state index contributed by atoms with van der Waals surface area (Å²) in [5, 5.41) is 4.52. The SMILES string of the molecule is COc1cnccc1-c1nn(C)c(N)c1-c1cccnc1. The number of nitrogen functional groups attached to an aromatic ring is 1. The van der Waals surface area contributed by atoms with Crippen molar-refractivity contribution in [2.24, 2.45) is 7.05 Å². The Bertz CT molecular complexity index is 767. The van der Waals surface area contributed by atoms with Crippen molar-refractivity contribution >= 4 is 5.82 Å². The lowest BCUT2D eigenvalue weighted by molar-refractivity contribution is 0.414. The summed E-state index contributed by atoms with van der Waals surface area (Å²) in [5.41, 5.74) is 9.54. The topological polar surface area (TPSA) is 78.9 Å². The van der Waals surface area contributed by atoms with Gasteiger partial charge in [0.1, 0.15) is 17.3 Å². The molecule has 3 rings (SSSR count). The van der Waals surface area contributed by atoms with E-state index in [1.165, 1.54) is 0 Å². The van der Waals surface area contributed by atoms with E-state index in [4.69, 9.17) is 10.5 Å². The summed E-state index contributed by atoms with van der Waals surface area (Å²) in [6.45, 7) is 0. The highest BCUT2D eigenvalue weighted by Gasteiger charge is 2.20. The Kier molecular flexibility index (Phi) is 3.27. The molecule has 0 aliphatic carbocycles. The minimum absolute atomic E-state index is 0.580. The zero-order valence-electron chi connectivity index (χ0n) is 11.8. The Labute approximate surface area is 122 Å². The second-order valence-corrected chi connectivity index (χ2v) is 4.55. The van der Waals surface area contributed by atoms with Crippen LogP contribution in [-0.4, -0.2) is 26.9 Å². The van der Waals surface area contributed by atoms with Crippen molar-refractivity contribution in [3.63, 3.8) is 0 Å². The van der Waals surface area contributed by atoms with Crippen molar-refractivity contribution in [2.75, 3.05) is 12.8 Å². The molecule has 0 aliphatic rings. The van der Waals surface area contributed by atoms with Crippen molar-refractivity contribution in [2.45, 2.75) is 0 Å². The zero-order chi connectivity index (χ0) is 14.8. The first-order valence-corrected chi connectivity index (χ1v) is 6.43. The Morgan fingerprint density at radius 1 is 1.14 bits per heavy atom. The van der Waals surface area contributed by atoms with Crippen LogP contribution < -0.4 is 10.5 Å². The first-order valence-electron chi connectivity index (χ1n) is 6.43. The molecule has 3 aromatic rings. The Hall–Kier alpha value is -2.89. The van der Waals surface area contributed by atoms with Gasteiger partial charge in [-0.25, -0.2) is 0 Å². The van der Waals surface area contributed by atoms with Crippen molar-refractivity contribution in [3.05, 3.63) is 43.0 Å². The number of hydrogen-bond acceptors (Lipinski definition) is 5. The third-order valence-corrected chi connectivity index (χ3v) is 3.30. The van der Waals surface area contributed by atoms with Gasteiger partial charge in [0.15, 0.2) is 0 Å². The van der Waals surface area contributed by atoms with E-state index >= 15 is 0 Å². The molecule has 0 amide bonds. The number of aryl methyl sites for hydroxylation is 1. The molecular formula is C15H15N5O. The fourth-order valence-corrected chi connectivity index (χ4v) is 2.26. The third-order valence-electron chi connectivity index (χ3n) is 3.30. The van der Waals surface area contributed by atoms with Gasteiger partial charge in [0, 0.05) is 36.8 Å². The molecule has 0 bridgehead atoms. The molecule has 0 saturated heterocycles. The van der Waals surface area contributed by atoms with Gasteiger partial charge in [-0.2, -0.15) is 5.10 Å². The number of ether oxygens (including phenoxy) is 1. The predicted octanol–water partition coefficient (Wildman–Crippen LogP) is 2.13. The van der Waals surface area contributed by atoms with E-state index in [0.29, 0.717) is 11.6 Å². The smallest absolute Gasteiger partial charge is 0.146 e. The lowest BCUT2D eigenvalue weighted by Gasteiger charge is -2.07. The van der Waals surface area contributed by atoms with Crippen LogP contribution in [0.2, 0.25) is 0 Å². The molecule has 3 aromatic heterocycles. The van der Waals surface area contributed by atoms with Crippen LogP contribution in [0.25, 0.3) is 22.4 Å². The molecule has 0 atom stereocenters. The maximum absolute atomic E-state index is 6.18. The molecule has 6 nitrogen and oxygen atoms in total. The number of anilines is 1. The summed E-state index contributed by atoms with van der Waals surface area (Å²) in [4.78, 5) is 8.22. The van der Waals surface area contributed by atoms with Gasteiger partial charge in [0.2, 0.25) is 0 Å². The molecule has 106 valence electrons. The highest BCUT2D eigenvalue weighted by Crippen LogP contribution is 2.38. The Balaban J connectivity index is 2.27. The summed E-state index contributed by atoms with van der Waals surface area (Å²) < 4.78 is 7.02. The number of pyridine rings is 2. The van der Waals surface area contributed by atoms with Gasteiger partial charge in [0.05, 0.1) is 18.9 Å². The number of nitrogens with two attached hydrogens (primary N) is 1. The van der Waals surface area contributed by atoms with E-state index in [-0.39, 0.29) is 0 Å². The molecule has 21 heavy (non-hydrogen) atoms. The molecule has 0 radical (unpaired) electrons. The standard InChI is InChI=1S/C15H15N5O/c1-20-15(16)13(10-4-3-6-17-8-10)14(19-20)11-5-7-18-9-12(11)21-2/h3-9H,16H2,1-2H3. The molecule has 0 aromatic carbocycles. The minimum atomic E-state index is 0.580. The third kappa shape index (κ3) is 2.20. The lowest BCUT2D eigenvalue weighted by atomic mass is 10.0. The van der Waals surface area contributed by atoms with Gasteiger partial charge in [-0.05, 0) is 12.1 Å². The molecular weight excluding hydrogens is 266 g/mol. The van der Waals surface area contributed by atoms with Crippen molar-refractivity contribution in [1.82, 2.24) is 19.7 Å². The van der Waals surface area contributed by atoms with E-state index in [0.717, 1.165) is 22.4 Å². The molecule has 0 unspecified atom stereocenters. The highest BCUT2D eigenvalue weighted by molar-refractivity contribution is 5.89. The summed E-state index contributed by atoms with van der Waals surface area (Å²) in [6, 6.07) is 5.69. The van der Waals surface area contributed by atoms with Crippen LogP contribution in [-0.2, 0) is 7.05 Å². The van der Waals surface area contributed by atoms with Crippen LogP contribution in [0.4, 0.5) is 5.82 Å². The summed E-state index contributed by atoms with van der Waals surface area (Å²) >= 11 is 0. The van der Waals surface area contributed by atoms with Gasteiger partial charge < -0.3 is 10.5 Å². The number of rotatable bonds is 3. The lowest BCUT2D eigenvalue weighted by Crippen LogP contribution is -1.98. The van der Waals surface area contributed by atoms with Crippen LogP contribution in [0, 0.1) is 0 Å². The van der Waals surface area contributed by atoms with Crippen LogP contribution >= 0.6 is 0 Å². The van der Waals surface area contributed by atoms with Gasteiger partial charge in [0.25, 0.3) is 0 Å². The average Bonchev–Trinajstić information content (AvgIpc) is 2.83. The fraction of sp³-hybridized carbons (Fsp3) is 0.133. The van der Waals surface area contributed by atoms with E-state index in [9.17, 15) is 0 Å². The van der Waals surface area contributed by atoms with Crippen molar-refractivity contribution in [3.8, 4) is 28.1 Å². The molecule has 3 heterocycles.